The summed E-state index contributed by atoms with van der Waals surface area (Å²) < 4.78 is 19.1. The molecule has 0 fully saturated rings. The van der Waals surface area contributed by atoms with E-state index in [0.29, 0.717) is 11.1 Å². The second-order valence-corrected chi connectivity index (χ2v) is 32.4. The molecule has 0 aromatic carbocycles. The molecule has 11 heteroatoms. The first-order valence-electron chi connectivity index (χ1n) is 9.71. The average molecular weight is 483 g/mol. The molecule has 0 saturated carbocycles. The molecule has 5 nitrogen and oxygen atoms in total. The molecule has 1 atom stereocenters. The van der Waals surface area contributed by atoms with Crippen molar-refractivity contribution >= 4 is 60.2 Å². The lowest BCUT2D eigenvalue weighted by atomic mass is 10.2. The standard InChI is InChI=1S/C16H42O5Si6/c1-13(15(17)18)12-16(23-20-26(6,7)8,24-21-27(9,10)11)14(2)22-19-25(3,4)5/h12,14H,22-24H2,1-11H3,(H,17,18). The largest absolute Gasteiger partial charge is 0.478 e. The van der Waals surface area contributed by atoms with Gasteiger partial charge in [-0.3, -0.25) is 0 Å². The summed E-state index contributed by atoms with van der Waals surface area (Å²) in [6.07, 6.45) is 2.01. The van der Waals surface area contributed by atoms with Crippen LogP contribution in [0.4, 0.5) is 0 Å². The fourth-order valence-corrected chi connectivity index (χ4v) is 16.3. The van der Waals surface area contributed by atoms with Crippen molar-refractivity contribution in [1.29, 1.82) is 0 Å². The van der Waals surface area contributed by atoms with E-state index in [1.807, 2.05) is 6.08 Å². The molecule has 0 saturated heterocycles. The lowest BCUT2D eigenvalue weighted by molar-refractivity contribution is -0.132. The molecule has 0 radical (unpaired) electrons. The smallest absolute Gasteiger partial charge is 0.330 e. The molecule has 0 aliphatic rings. The highest BCUT2D eigenvalue weighted by Gasteiger charge is 2.40. The second kappa shape index (κ2) is 10.4. The third-order valence-electron chi connectivity index (χ3n) is 4.14. The van der Waals surface area contributed by atoms with Crippen molar-refractivity contribution in [2.24, 2.45) is 0 Å². The molecular formula is C16H42O5Si6. The molecule has 1 N–H and O–H groups in total. The summed E-state index contributed by atoms with van der Waals surface area (Å²) in [5.41, 5.74) is 0.756. The van der Waals surface area contributed by atoms with Crippen molar-refractivity contribution in [2.75, 3.05) is 0 Å². The lowest BCUT2D eigenvalue weighted by Gasteiger charge is -2.40. The van der Waals surface area contributed by atoms with E-state index in [2.05, 4.69) is 65.8 Å². The minimum absolute atomic E-state index is 0.186. The molecule has 0 aromatic rings. The zero-order valence-corrected chi connectivity index (χ0v) is 26.6. The Labute approximate surface area is 176 Å². The number of carboxylic acids is 1. The van der Waals surface area contributed by atoms with Crippen LogP contribution in [0, 0.1) is 0 Å². The van der Waals surface area contributed by atoms with E-state index in [4.69, 9.17) is 12.3 Å². The molecule has 0 amide bonds. The van der Waals surface area contributed by atoms with Gasteiger partial charge in [0.05, 0.1) is 0 Å². The van der Waals surface area contributed by atoms with Gasteiger partial charge in [0.25, 0.3) is 0 Å². The maximum Gasteiger partial charge on any atom is 0.330 e. The Morgan fingerprint density at radius 2 is 1.26 bits per heavy atom. The van der Waals surface area contributed by atoms with Gasteiger partial charge in [-0.15, -0.1) is 0 Å². The molecule has 0 spiro atoms. The summed E-state index contributed by atoms with van der Waals surface area (Å²) in [5, 5.41) is 9.53. The third kappa shape index (κ3) is 12.5. The second-order valence-electron chi connectivity index (χ2n) is 10.5. The summed E-state index contributed by atoms with van der Waals surface area (Å²) in [7, 11) is -7.73. The first-order valence-corrected chi connectivity index (χ1v) is 23.9. The van der Waals surface area contributed by atoms with Crippen molar-refractivity contribution in [3.8, 4) is 0 Å². The first kappa shape index (κ1) is 27.4. The van der Waals surface area contributed by atoms with Crippen LogP contribution in [0.15, 0.2) is 11.6 Å². The van der Waals surface area contributed by atoms with Crippen molar-refractivity contribution in [3.05, 3.63) is 11.6 Å². The molecule has 0 heterocycles. The number of aliphatic carboxylic acids is 1. The Kier molecular flexibility index (Phi) is 10.6. The number of carbonyl (C=O) groups is 1. The minimum Gasteiger partial charge on any atom is -0.478 e. The van der Waals surface area contributed by atoms with Crippen molar-refractivity contribution < 1.29 is 22.2 Å². The minimum atomic E-state index is -1.68. The molecule has 1 unspecified atom stereocenters. The van der Waals surface area contributed by atoms with Crippen LogP contribution < -0.4 is 0 Å². The van der Waals surface area contributed by atoms with E-state index < -0.39 is 60.2 Å². The Hall–Kier alpha value is 0.391. The molecule has 27 heavy (non-hydrogen) atoms. The van der Waals surface area contributed by atoms with Gasteiger partial charge in [-0.05, 0) is 71.4 Å². The number of hydrogen-bond donors (Lipinski definition) is 1. The molecule has 0 bridgehead atoms. The number of rotatable bonds is 12. The number of allylic oxidation sites excluding steroid dienone is 1. The van der Waals surface area contributed by atoms with Crippen LogP contribution >= 0.6 is 0 Å². The van der Waals surface area contributed by atoms with Gasteiger partial charge in [0, 0.05) is 10.2 Å². The topological polar surface area (TPSA) is 65.0 Å². The Morgan fingerprint density at radius 3 is 1.56 bits per heavy atom. The SMILES string of the molecule is CC(=CC([SiH2]O[Si](C)(C)C)([SiH2]O[Si](C)(C)C)C(C)[SiH2]O[Si](C)(C)C)C(=O)O. The van der Waals surface area contributed by atoms with E-state index >= 15 is 0 Å². The zero-order valence-electron chi connectivity index (χ0n) is 19.4. The molecule has 0 aliphatic heterocycles. The Morgan fingerprint density at radius 1 is 0.889 bits per heavy atom. The quantitative estimate of drug-likeness (QED) is 0.342. The van der Waals surface area contributed by atoms with E-state index in [1.165, 1.54) is 0 Å². The van der Waals surface area contributed by atoms with Crippen LogP contribution in [0.3, 0.4) is 0 Å². The highest BCUT2D eigenvalue weighted by molar-refractivity contribution is 6.80. The van der Waals surface area contributed by atoms with Gasteiger partial charge in [-0.25, -0.2) is 4.79 Å². The van der Waals surface area contributed by atoms with Gasteiger partial charge in [0.15, 0.2) is 44.5 Å². The summed E-state index contributed by atoms with van der Waals surface area (Å²) in [6.45, 7) is 23.9. The molecule has 160 valence electrons. The van der Waals surface area contributed by atoms with Crippen molar-refractivity contribution in [2.45, 2.75) is 83.0 Å². The monoisotopic (exact) mass is 482 g/mol. The first-order chi connectivity index (χ1) is 11.9. The Balaban J connectivity index is 5.94. The van der Waals surface area contributed by atoms with Gasteiger partial charge in [0.1, 0.15) is 9.76 Å². The molecular weight excluding hydrogens is 441 g/mol. The van der Waals surface area contributed by atoms with E-state index in [9.17, 15) is 9.90 Å². The predicted octanol–water partition coefficient (Wildman–Crippen LogP) is 2.75. The average Bonchev–Trinajstić information content (AvgIpc) is 2.45. The van der Waals surface area contributed by atoms with E-state index in [0.717, 1.165) is 0 Å². The summed E-state index contributed by atoms with van der Waals surface area (Å²) >= 11 is 0. The van der Waals surface area contributed by atoms with Crippen LogP contribution in [-0.2, 0) is 17.1 Å². The normalized spacial score (nSPS) is 18.9. The van der Waals surface area contributed by atoms with Gasteiger partial charge in [-0.2, -0.15) is 0 Å². The van der Waals surface area contributed by atoms with Crippen LogP contribution in [-0.4, -0.2) is 65.3 Å². The highest BCUT2D eigenvalue weighted by Crippen LogP contribution is 2.42. The fourth-order valence-electron chi connectivity index (χ4n) is 2.29. The van der Waals surface area contributed by atoms with Crippen molar-refractivity contribution in [1.82, 2.24) is 0 Å². The maximum atomic E-state index is 11.6. The van der Waals surface area contributed by atoms with E-state index in [1.54, 1.807) is 6.92 Å². The van der Waals surface area contributed by atoms with Gasteiger partial charge in [-0.1, -0.05) is 13.0 Å². The molecule has 0 aliphatic carbocycles. The van der Waals surface area contributed by atoms with Crippen LogP contribution in [0.25, 0.3) is 0 Å². The lowest BCUT2D eigenvalue weighted by Crippen LogP contribution is -2.44. The zero-order chi connectivity index (χ0) is 21.7. The van der Waals surface area contributed by atoms with Crippen LogP contribution in [0.1, 0.15) is 13.8 Å². The van der Waals surface area contributed by atoms with Crippen LogP contribution in [0.5, 0.6) is 0 Å². The highest BCUT2D eigenvalue weighted by atomic mass is 28.4. The van der Waals surface area contributed by atoms with Gasteiger partial charge >= 0.3 is 5.97 Å². The number of carboxylic acid groups (broad SMARTS) is 1. The maximum absolute atomic E-state index is 11.6. The molecule has 0 rings (SSSR count). The third-order valence-corrected chi connectivity index (χ3v) is 22.9. The fraction of sp³-hybridized carbons (Fsp3) is 0.812. The van der Waals surface area contributed by atoms with Crippen molar-refractivity contribution in [3.63, 3.8) is 0 Å². The summed E-state index contributed by atoms with van der Waals surface area (Å²) in [5.74, 6) is -0.844. The van der Waals surface area contributed by atoms with Crippen LogP contribution in [0.2, 0.25) is 69.1 Å². The predicted molar refractivity (Wildman–Crippen MR) is 132 cm³/mol. The number of hydrogen-bond acceptors (Lipinski definition) is 4. The van der Waals surface area contributed by atoms with E-state index in [-0.39, 0.29) is 4.66 Å². The Bertz CT molecular complexity index is 501. The van der Waals surface area contributed by atoms with Gasteiger partial charge < -0.3 is 17.5 Å². The molecule has 0 aromatic heterocycles. The van der Waals surface area contributed by atoms with Gasteiger partial charge in [0.2, 0.25) is 0 Å². The summed E-state index contributed by atoms with van der Waals surface area (Å²) in [4.78, 5) is 11.6. The summed E-state index contributed by atoms with van der Waals surface area (Å²) in [6, 6.07) is 0.